The zero-order chi connectivity index (χ0) is 16.9. The Hall–Kier alpha value is -1.94. The summed E-state index contributed by atoms with van der Waals surface area (Å²) in [6, 6.07) is 10.1. The van der Waals surface area contributed by atoms with E-state index in [-0.39, 0.29) is 11.9 Å². The van der Waals surface area contributed by atoms with Crippen molar-refractivity contribution in [3.05, 3.63) is 42.1 Å². The number of pyridine rings is 1. The number of likely N-dealkylation sites (tertiary alicyclic amines) is 1. The Morgan fingerprint density at radius 3 is 2.62 bits per heavy atom. The van der Waals surface area contributed by atoms with E-state index >= 15 is 0 Å². The van der Waals surface area contributed by atoms with E-state index in [1.165, 1.54) is 23.8 Å². The Morgan fingerprint density at radius 1 is 1.17 bits per heavy atom. The first-order valence-electron chi connectivity index (χ1n) is 8.98. The van der Waals surface area contributed by atoms with Crippen LogP contribution in [0.15, 0.2) is 36.5 Å². The van der Waals surface area contributed by atoms with E-state index in [1.807, 2.05) is 38.4 Å². The second kappa shape index (κ2) is 7.75. The summed E-state index contributed by atoms with van der Waals surface area (Å²) < 4.78 is 0. The van der Waals surface area contributed by atoms with Crippen molar-refractivity contribution in [2.24, 2.45) is 0 Å². The van der Waals surface area contributed by atoms with Gasteiger partial charge in [-0.2, -0.15) is 0 Å². The molecule has 4 nitrogen and oxygen atoms in total. The van der Waals surface area contributed by atoms with Crippen molar-refractivity contribution in [2.75, 3.05) is 20.1 Å². The van der Waals surface area contributed by atoms with Gasteiger partial charge in [0.1, 0.15) is 0 Å². The largest absolute Gasteiger partial charge is 0.341 e. The fourth-order valence-corrected chi connectivity index (χ4v) is 3.44. The van der Waals surface area contributed by atoms with Gasteiger partial charge < -0.3 is 4.90 Å². The molecule has 4 heteroatoms. The van der Waals surface area contributed by atoms with Crippen LogP contribution in [0.5, 0.6) is 0 Å². The molecule has 0 bridgehead atoms. The SMILES string of the molecule is CC(C(=O)N1CCCCCC1)N(C)Cc1ccnc2ccccc12. The second-order valence-corrected chi connectivity index (χ2v) is 6.82. The number of nitrogens with zero attached hydrogens (tertiary/aromatic N) is 3. The highest BCUT2D eigenvalue weighted by molar-refractivity contribution is 5.83. The van der Waals surface area contributed by atoms with Gasteiger partial charge in [-0.05, 0) is 44.5 Å². The average Bonchev–Trinajstić information content (AvgIpc) is 2.90. The maximum Gasteiger partial charge on any atom is 0.239 e. The minimum absolute atomic E-state index is 0.102. The quantitative estimate of drug-likeness (QED) is 0.864. The average molecular weight is 325 g/mol. The lowest BCUT2D eigenvalue weighted by atomic mass is 10.1. The molecule has 0 radical (unpaired) electrons. The highest BCUT2D eigenvalue weighted by Crippen LogP contribution is 2.19. The van der Waals surface area contributed by atoms with Crippen molar-refractivity contribution in [1.82, 2.24) is 14.8 Å². The first-order valence-corrected chi connectivity index (χ1v) is 8.98. The molecule has 1 unspecified atom stereocenters. The molecule has 1 amide bonds. The fraction of sp³-hybridized carbons (Fsp3) is 0.500. The molecule has 0 aliphatic carbocycles. The lowest BCUT2D eigenvalue weighted by Gasteiger charge is -2.30. The van der Waals surface area contributed by atoms with Crippen molar-refractivity contribution in [3.63, 3.8) is 0 Å². The van der Waals surface area contributed by atoms with Gasteiger partial charge in [-0.15, -0.1) is 0 Å². The third kappa shape index (κ3) is 3.75. The number of rotatable bonds is 4. The molecular weight excluding hydrogens is 298 g/mol. The predicted octanol–water partition coefficient (Wildman–Crippen LogP) is 3.46. The normalized spacial score (nSPS) is 17.0. The van der Waals surface area contributed by atoms with Crippen LogP contribution in [0, 0.1) is 0 Å². The minimum Gasteiger partial charge on any atom is -0.341 e. The van der Waals surface area contributed by atoms with Crippen LogP contribution in [0.25, 0.3) is 10.9 Å². The van der Waals surface area contributed by atoms with Crippen LogP contribution >= 0.6 is 0 Å². The molecule has 24 heavy (non-hydrogen) atoms. The molecule has 3 rings (SSSR count). The molecule has 1 saturated heterocycles. The summed E-state index contributed by atoms with van der Waals surface area (Å²) in [6.45, 7) is 4.60. The molecule has 2 heterocycles. The Morgan fingerprint density at radius 2 is 1.88 bits per heavy atom. The van der Waals surface area contributed by atoms with Gasteiger partial charge >= 0.3 is 0 Å². The number of carbonyl (C=O) groups is 1. The highest BCUT2D eigenvalue weighted by Gasteiger charge is 2.24. The van der Waals surface area contributed by atoms with Gasteiger partial charge in [0.25, 0.3) is 0 Å². The van der Waals surface area contributed by atoms with Crippen molar-refractivity contribution >= 4 is 16.8 Å². The molecule has 0 N–H and O–H groups in total. The summed E-state index contributed by atoms with van der Waals surface area (Å²) in [5, 5.41) is 1.17. The van der Waals surface area contributed by atoms with Crippen molar-refractivity contribution < 1.29 is 4.79 Å². The number of benzene rings is 1. The number of para-hydroxylation sites is 1. The molecule has 1 aliphatic rings. The first kappa shape index (κ1) is 16.9. The summed E-state index contributed by atoms with van der Waals surface area (Å²) in [5.74, 6) is 0.262. The van der Waals surface area contributed by atoms with Gasteiger partial charge in [0.05, 0.1) is 11.6 Å². The van der Waals surface area contributed by atoms with Crippen LogP contribution < -0.4 is 0 Å². The monoisotopic (exact) mass is 325 g/mol. The third-order valence-electron chi connectivity index (χ3n) is 5.10. The molecule has 0 spiro atoms. The molecule has 1 aromatic carbocycles. The summed E-state index contributed by atoms with van der Waals surface area (Å²) in [4.78, 5) is 21.4. The lowest BCUT2D eigenvalue weighted by molar-refractivity contribution is -0.136. The Balaban J connectivity index is 1.71. The maximum absolute atomic E-state index is 12.8. The van der Waals surface area contributed by atoms with Crippen LogP contribution in [-0.4, -0.2) is 46.9 Å². The number of hydrogen-bond donors (Lipinski definition) is 0. The van der Waals surface area contributed by atoms with E-state index < -0.39 is 0 Å². The van der Waals surface area contributed by atoms with E-state index in [9.17, 15) is 4.79 Å². The van der Waals surface area contributed by atoms with Crippen molar-refractivity contribution in [3.8, 4) is 0 Å². The summed E-state index contributed by atoms with van der Waals surface area (Å²) in [7, 11) is 2.04. The summed E-state index contributed by atoms with van der Waals surface area (Å²) in [5.41, 5.74) is 2.23. The molecule has 1 aliphatic heterocycles. The van der Waals surface area contributed by atoms with Crippen LogP contribution in [0.4, 0.5) is 0 Å². The van der Waals surface area contributed by atoms with Gasteiger partial charge in [-0.3, -0.25) is 14.7 Å². The minimum atomic E-state index is -0.102. The van der Waals surface area contributed by atoms with E-state index in [2.05, 4.69) is 26.9 Å². The standard InChI is InChI=1S/C20H27N3O/c1-16(20(24)23-13-7-3-4-8-14-23)22(2)15-17-11-12-21-19-10-6-5-9-18(17)19/h5-6,9-12,16H,3-4,7-8,13-15H2,1-2H3. The van der Waals surface area contributed by atoms with Crippen LogP contribution in [0.2, 0.25) is 0 Å². The number of hydrogen-bond acceptors (Lipinski definition) is 3. The van der Waals surface area contributed by atoms with Gasteiger partial charge in [0.15, 0.2) is 0 Å². The molecule has 1 aromatic heterocycles. The zero-order valence-corrected chi connectivity index (χ0v) is 14.7. The molecule has 128 valence electrons. The predicted molar refractivity (Wildman–Crippen MR) is 97.7 cm³/mol. The molecule has 2 aromatic rings. The molecule has 1 fully saturated rings. The first-order chi connectivity index (χ1) is 11.7. The summed E-state index contributed by atoms with van der Waals surface area (Å²) in [6.07, 6.45) is 6.62. The highest BCUT2D eigenvalue weighted by atomic mass is 16.2. The lowest BCUT2D eigenvalue weighted by Crippen LogP contribution is -2.45. The van der Waals surface area contributed by atoms with Crippen LogP contribution in [0.3, 0.4) is 0 Å². The number of likely N-dealkylation sites (N-methyl/N-ethyl adjacent to an activating group) is 1. The Labute approximate surface area is 144 Å². The van der Waals surface area contributed by atoms with E-state index in [0.29, 0.717) is 0 Å². The number of aromatic nitrogens is 1. The van der Waals surface area contributed by atoms with Crippen LogP contribution in [0.1, 0.15) is 38.2 Å². The van der Waals surface area contributed by atoms with Gasteiger partial charge in [0, 0.05) is 31.2 Å². The second-order valence-electron chi connectivity index (χ2n) is 6.82. The van der Waals surface area contributed by atoms with Gasteiger partial charge in [0.2, 0.25) is 5.91 Å². The smallest absolute Gasteiger partial charge is 0.239 e. The topological polar surface area (TPSA) is 36.4 Å². The van der Waals surface area contributed by atoms with Crippen molar-refractivity contribution in [2.45, 2.75) is 45.2 Å². The van der Waals surface area contributed by atoms with Crippen LogP contribution in [-0.2, 0) is 11.3 Å². The molecular formula is C20H27N3O. The molecule has 1 atom stereocenters. The Kier molecular flexibility index (Phi) is 5.46. The van der Waals surface area contributed by atoms with E-state index in [0.717, 1.165) is 38.0 Å². The number of carbonyl (C=O) groups excluding carboxylic acids is 1. The van der Waals surface area contributed by atoms with Crippen molar-refractivity contribution in [1.29, 1.82) is 0 Å². The third-order valence-corrected chi connectivity index (χ3v) is 5.10. The zero-order valence-electron chi connectivity index (χ0n) is 14.7. The Bertz CT molecular complexity index is 687. The number of fused-ring (bicyclic) bond motifs is 1. The number of amides is 1. The van der Waals surface area contributed by atoms with Gasteiger partial charge in [-0.25, -0.2) is 0 Å². The molecule has 0 saturated carbocycles. The fourth-order valence-electron chi connectivity index (χ4n) is 3.44. The van der Waals surface area contributed by atoms with Gasteiger partial charge in [-0.1, -0.05) is 31.0 Å². The maximum atomic E-state index is 12.8. The van der Waals surface area contributed by atoms with E-state index in [4.69, 9.17) is 0 Å². The summed E-state index contributed by atoms with van der Waals surface area (Å²) >= 11 is 0. The van der Waals surface area contributed by atoms with E-state index in [1.54, 1.807) is 0 Å².